The molecule has 22 heavy (non-hydrogen) atoms. The third kappa shape index (κ3) is 3.33. The molecule has 0 spiro atoms. The number of primary sulfonamides is 1. The van der Waals surface area contributed by atoms with Crippen LogP contribution in [0, 0.1) is 0 Å². The van der Waals surface area contributed by atoms with Gasteiger partial charge in [0, 0.05) is 24.7 Å². The van der Waals surface area contributed by atoms with Crippen molar-refractivity contribution < 1.29 is 31.1 Å². The number of hydrogen-bond donors (Lipinski definition) is 1. The first-order valence-electron chi connectivity index (χ1n) is 6.10. The van der Waals surface area contributed by atoms with Crippen molar-refractivity contribution in [1.82, 2.24) is 0 Å². The van der Waals surface area contributed by atoms with E-state index in [9.17, 15) is 26.4 Å². The first kappa shape index (κ1) is 16.6. The molecule has 0 bridgehead atoms. The van der Waals surface area contributed by atoms with Crippen LogP contribution in [0.15, 0.2) is 18.2 Å². The van der Waals surface area contributed by atoms with E-state index < -0.39 is 32.9 Å². The predicted molar refractivity (Wildman–Crippen MR) is 71.9 cm³/mol. The number of hydrogen-bond acceptors (Lipinski definition) is 4. The molecule has 1 aliphatic heterocycles. The minimum atomic E-state index is -4.62. The number of anilines is 1. The van der Waals surface area contributed by atoms with Crippen molar-refractivity contribution in [2.24, 2.45) is 5.14 Å². The van der Waals surface area contributed by atoms with Crippen LogP contribution >= 0.6 is 0 Å². The number of halogens is 3. The second-order valence-electron chi connectivity index (χ2n) is 4.84. The van der Waals surface area contributed by atoms with Crippen molar-refractivity contribution in [3.8, 4) is 5.75 Å². The summed E-state index contributed by atoms with van der Waals surface area (Å²) in [6.45, 7) is -0.290. The lowest BCUT2D eigenvalue weighted by atomic mass is 10.1. The minimum Gasteiger partial charge on any atom is -0.497 e. The molecule has 0 radical (unpaired) electrons. The Morgan fingerprint density at radius 1 is 1.32 bits per heavy atom. The quantitative estimate of drug-likeness (QED) is 0.894. The number of nitrogens with two attached hydrogens (primary N) is 1. The molecule has 1 aromatic rings. The lowest BCUT2D eigenvalue weighted by Crippen LogP contribution is -2.32. The normalized spacial score (nSPS) is 19.6. The molecule has 1 fully saturated rings. The Balaban J connectivity index is 2.42. The highest BCUT2D eigenvalue weighted by Gasteiger charge is 2.38. The van der Waals surface area contributed by atoms with E-state index in [0.717, 1.165) is 17.0 Å². The van der Waals surface area contributed by atoms with E-state index in [0.29, 0.717) is 0 Å². The number of rotatable bonds is 3. The maximum atomic E-state index is 12.9. The summed E-state index contributed by atoms with van der Waals surface area (Å²) in [4.78, 5) is 12.8. The SMILES string of the molecule is COc1cc(N2CC(S(N)(=O)=O)CC2=O)cc(C(F)(F)F)c1. The van der Waals surface area contributed by atoms with Gasteiger partial charge in [0.1, 0.15) is 11.0 Å². The largest absolute Gasteiger partial charge is 0.497 e. The second kappa shape index (κ2) is 5.43. The Hall–Kier alpha value is -1.81. The van der Waals surface area contributed by atoms with E-state index in [4.69, 9.17) is 9.88 Å². The van der Waals surface area contributed by atoms with Crippen molar-refractivity contribution in [3.63, 3.8) is 0 Å². The average Bonchev–Trinajstić information content (AvgIpc) is 2.79. The van der Waals surface area contributed by atoms with Gasteiger partial charge in [0.15, 0.2) is 0 Å². The third-order valence-electron chi connectivity index (χ3n) is 3.32. The molecule has 10 heteroatoms. The fourth-order valence-corrected chi connectivity index (χ4v) is 2.90. The van der Waals surface area contributed by atoms with Crippen molar-refractivity contribution in [2.75, 3.05) is 18.6 Å². The zero-order valence-electron chi connectivity index (χ0n) is 11.4. The molecule has 0 aliphatic carbocycles. The molecule has 122 valence electrons. The highest BCUT2D eigenvalue weighted by Crippen LogP contribution is 2.36. The Morgan fingerprint density at radius 3 is 2.41 bits per heavy atom. The van der Waals surface area contributed by atoms with E-state index in [2.05, 4.69) is 0 Å². The number of sulfonamides is 1. The summed E-state index contributed by atoms with van der Waals surface area (Å²) >= 11 is 0. The van der Waals surface area contributed by atoms with Gasteiger partial charge in [0.25, 0.3) is 0 Å². The summed E-state index contributed by atoms with van der Waals surface area (Å²) in [6.07, 6.45) is -4.98. The van der Waals surface area contributed by atoms with Crippen LogP contribution < -0.4 is 14.8 Å². The lowest BCUT2D eigenvalue weighted by molar-refractivity contribution is -0.137. The molecule has 1 amide bonds. The van der Waals surface area contributed by atoms with Crippen LogP contribution in [0.4, 0.5) is 18.9 Å². The molecule has 1 aromatic carbocycles. The summed E-state index contributed by atoms with van der Waals surface area (Å²) in [7, 11) is -2.75. The molecule has 1 unspecified atom stereocenters. The van der Waals surface area contributed by atoms with E-state index in [1.165, 1.54) is 13.2 Å². The molecule has 2 rings (SSSR count). The highest BCUT2D eigenvalue weighted by atomic mass is 32.2. The van der Waals surface area contributed by atoms with Crippen LogP contribution in [0.25, 0.3) is 0 Å². The Labute approximate surface area is 124 Å². The third-order valence-corrected chi connectivity index (χ3v) is 4.57. The number of ether oxygens (including phenoxy) is 1. The molecule has 1 aliphatic rings. The summed E-state index contributed by atoms with van der Waals surface area (Å²) in [5.74, 6) is -0.697. The number of benzene rings is 1. The maximum Gasteiger partial charge on any atom is 0.416 e. The van der Waals surface area contributed by atoms with Gasteiger partial charge >= 0.3 is 6.18 Å². The molecular weight excluding hydrogens is 325 g/mol. The molecule has 0 saturated carbocycles. The van der Waals surface area contributed by atoms with Crippen LogP contribution in [0.1, 0.15) is 12.0 Å². The summed E-state index contributed by atoms with van der Waals surface area (Å²) in [5.41, 5.74) is -1.07. The van der Waals surface area contributed by atoms with Gasteiger partial charge in [0.2, 0.25) is 15.9 Å². The summed E-state index contributed by atoms with van der Waals surface area (Å²) in [6, 6.07) is 2.80. The van der Waals surface area contributed by atoms with E-state index in [1.54, 1.807) is 0 Å². The van der Waals surface area contributed by atoms with Crippen molar-refractivity contribution in [1.29, 1.82) is 0 Å². The second-order valence-corrected chi connectivity index (χ2v) is 6.68. The molecule has 6 nitrogen and oxygen atoms in total. The van der Waals surface area contributed by atoms with E-state index in [1.807, 2.05) is 0 Å². The zero-order chi connectivity index (χ0) is 16.7. The lowest BCUT2D eigenvalue weighted by Gasteiger charge is -2.19. The predicted octanol–water partition coefficient (Wildman–Crippen LogP) is 1.11. The minimum absolute atomic E-state index is 0.0807. The molecule has 1 atom stereocenters. The van der Waals surface area contributed by atoms with Crippen LogP contribution in [-0.2, 0) is 21.0 Å². The van der Waals surface area contributed by atoms with Gasteiger partial charge in [-0.1, -0.05) is 0 Å². The van der Waals surface area contributed by atoms with E-state index >= 15 is 0 Å². The van der Waals surface area contributed by atoms with Crippen LogP contribution in [-0.4, -0.2) is 33.2 Å². The molecular formula is C12H13F3N2O4S. The highest BCUT2D eigenvalue weighted by molar-refractivity contribution is 7.89. The Morgan fingerprint density at radius 2 is 1.95 bits per heavy atom. The van der Waals surface area contributed by atoms with Gasteiger partial charge in [0.05, 0.1) is 12.7 Å². The fourth-order valence-electron chi connectivity index (χ4n) is 2.17. The van der Waals surface area contributed by atoms with Gasteiger partial charge in [-0.3, -0.25) is 4.79 Å². The summed E-state index contributed by atoms with van der Waals surface area (Å²) in [5, 5.41) is 3.85. The monoisotopic (exact) mass is 338 g/mol. The van der Waals surface area contributed by atoms with Gasteiger partial charge in [-0.05, 0) is 12.1 Å². The molecule has 2 N–H and O–H groups in total. The summed E-state index contributed by atoms with van der Waals surface area (Å²) < 4.78 is 66.0. The number of nitrogens with zero attached hydrogens (tertiary/aromatic N) is 1. The number of carbonyl (C=O) groups excluding carboxylic acids is 1. The first-order chi connectivity index (χ1) is 10.0. The van der Waals surface area contributed by atoms with Gasteiger partial charge in [-0.25, -0.2) is 13.6 Å². The van der Waals surface area contributed by atoms with Crippen LogP contribution in [0.3, 0.4) is 0 Å². The van der Waals surface area contributed by atoms with E-state index in [-0.39, 0.29) is 24.4 Å². The average molecular weight is 338 g/mol. The molecule has 0 aromatic heterocycles. The fraction of sp³-hybridized carbons (Fsp3) is 0.417. The number of amides is 1. The van der Waals surface area contributed by atoms with Gasteiger partial charge < -0.3 is 9.64 Å². The number of carbonyl (C=O) groups is 1. The van der Waals surface area contributed by atoms with Crippen molar-refractivity contribution in [2.45, 2.75) is 17.8 Å². The number of methoxy groups -OCH3 is 1. The Bertz CT molecular complexity index is 703. The Kier molecular flexibility index (Phi) is 4.09. The van der Waals surface area contributed by atoms with Crippen molar-refractivity contribution >= 4 is 21.6 Å². The van der Waals surface area contributed by atoms with Crippen LogP contribution in [0.5, 0.6) is 5.75 Å². The zero-order valence-corrected chi connectivity index (χ0v) is 12.2. The van der Waals surface area contributed by atoms with Crippen molar-refractivity contribution in [3.05, 3.63) is 23.8 Å². The molecule has 1 saturated heterocycles. The first-order valence-corrected chi connectivity index (χ1v) is 7.71. The smallest absolute Gasteiger partial charge is 0.416 e. The standard InChI is InChI=1S/C12H13F3N2O4S/c1-21-9-3-7(12(13,14)15)2-8(4-9)17-6-10(5-11(17)18)22(16,19)20/h2-4,10H,5-6H2,1H3,(H2,16,19,20). The molecule has 1 heterocycles. The number of alkyl halides is 3. The van der Waals surface area contributed by atoms with Gasteiger partial charge in [-0.15, -0.1) is 0 Å². The topological polar surface area (TPSA) is 89.7 Å². The van der Waals surface area contributed by atoms with Gasteiger partial charge in [-0.2, -0.15) is 13.2 Å². The van der Waals surface area contributed by atoms with Crippen LogP contribution in [0.2, 0.25) is 0 Å². The maximum absolute atomic E-state index is 12.9.